The van der Waals surface area contributed by atoms with Crippen molar-refractivity contribution >= 4 is 44.8 Å². The van der Waals surface area contributed by atoms with Crippen molar-refractivity contribution in [2.24, 2.45) is 0 Å². The summed E-state index contributed by atoms with van der Waals surface area (Å²) in [6.07, 6.45) is 1.63. The highest BCUT2D eigenvalue weighted by Crippen LogP contribution is 2.26. The number of rotatable bonds is 9. The molecule has 0 unspecified atom stereocenters. The number of carbonyl (C=O) groups excluding carboxylic acids is 1. The number of nitrogens with one attached hydrogen (secondary N) is 2. The zero-order valence-electron chi connectivity index (χ0n) is 18.4. The lowest BCUT2D eigenvalue weighted by atomic mass is 10.0. The Labute approximate surface area is 205 Å². The highest BCUT2D eigenvalue weighted by Gasteiger charge is 2.28. The largest absolute Gasteiger partial charge is 0.324 e. The van der Waals surface area contributed by atoms with E-state index in [0.717, 1.165) is 35.2 Å². The summed E-state index contributed by atoms with van der Waals surface area (Å²) in [5.74, 6) is -0.448. The molecule has 2 N–H and O–H groups in total. The van der Waals surface area contributed by atoms with Crippen molar-refractivity contribution in [2.75, 3.05) is 5.32 Å². The minimum absolute atomic E-state index is 0.0235. The molecule has 0 radical (unpaired) electrons. The van der Waals surface area contributed by atoms with Crippen LogP contribution < -0.4 is 10.0 Å². The summed E-state index contributed by atoms with van der Waals surface area (Å²) < 4.78 is 28.9. The van der Waals surface area contributed by atoms with Crippen molar-refractivity contribution in [1.29, 1.82) is 0 Å². The maximum Gasteiger partial charge on any atom is 0.242 e. The lowest BCUT2D eigenvalue weighted by Gasteiger charge is -2.21. The maximum atomic E-state index is 13.4. The fraction of sp³-hybridized carbons (Fsp3) is 0.240. The van der Waals surface area contributed by atoms with E-state index in [0.29, 0.717) is 0 Å². The number of sulfonamides is 1. The van der Waals surface area contributed by atoms with Crippen LogP contribution in [0.4, 0.5) is 5.69 Å². The molecule has 1 atom stereocenters. The molecule has 3 aromatic carbocycles. The number of carbonyl (C=O) groups is 1. The first-order valence-electron chi connectivity index (χ1n) is 10.7. The molecule has 0 aliphatic heterocycles. The molecule has 0 bridgehead atoms. The Bertz CT molecular complexity index is 1210. The molecule has 1 amide bonds. The van der Waals surface area contributed by atoms with Gasteiger partial charge in [0.2, 0.25) is 15.9 Å². The van der Waals surface area contributed by atoms with Gasteiger partial charge in [0.05, 0.1) is 5.02 Å². The van der Waals surface area contributed by atoms with E-state index in [1.54, 1.807) is 0 Å². The molecule has 0 saturated carbocycles. The lowest BCUT2D eigenvalue weighted by molar-refractivity contribution is -0.117. The van der Waals surface area contributed by atoms with Gasteiger partial charge in [0, 0.05) is 10.7 Å². The normalized spacial score (nSPS) is 12.4. The Balaban J connectivity index is 1.97. The minimum Gasteiger partial charge on any atom is -0.324 e. The second-order valence-corrected chi connectivity index (χ2v) is 10.1. The monoisotopic (exact) mass is 504 g/mol. The quantitative estimate of drug-likeness (QED) is 0.395. The zero-order chi connectivity index (χ0) is 24.0. The predicted octanol–water partition coefficient (Wildman–Crippen LogP) is 5.65. The van der Waals surface area contributed by atoms with Crippen LogP contribution >= 0.6 is 23.2 Å². The number of amides is 1. The summed E-state index contributed by atoms with van der Waals surface area (Å²) in [5, 5.41) is 3.23. The number of aryl methyl sites for hydroxylation is 2. The number of halogens is 2. The fourth-order valence-electron chi connectivity index (χ4n) is 3.59. The van der Waals surface area contributed by atoms with Crippen LogP contribution in [0.1, 0.15) is 30.5 Å². The van der Waals surface area contributed by atoms with Crippen molar-refractivity contribution < 1.29 is 13.2 Å². The highest BCUT2D eigenvalue weighted by atomic mass is 35.5. The van der Waals surface area contributed by atoms with E-state index in [1.165, 1.54) is 18.2 Å². The van der Waals surface area contributed by atoms with Gasteiger partial charge in [-0.05, 0) is 54.2 Å². The molecule has 0 aromatic heterocycles. The van der Waals surface area contributed by atoms with Crippen LogP contribution in [0.5, 0.6) is 0 Å². The van der Waals surface area contributed by atoms with Crippen molar-refractivity contribution in [3.63, 3.8) is 0 Å². The van der Waals surface area contributed by atoms with Gasteiger partial charge in [0.25, 0.3) is 0 Å². The predicted molar refractivity (Wildman–Crippen MR) is 135 cm³/mol. The standard InChI is InChI=1S/C25H26Cl2N2O3S/c1-3-18-11-8-12-19(4-2)24(18)28-25(30)22(15-17-9-6-5-7-10-17)29-33(31,32)23-16-20(26)13-14-21(23)27/h5-14,16,22,29H,3-4,15H2,1-2H3,(H,28,30)/t22-/m1/s1. The Kier molecular flexibility index (Phi) is 8.54. The Hall–Kier alpha value is -2.38. The average molecular weight is 505 g/mol. The number of para-hydroxylation sites is 1. The van der Waals surface area contributed by atoms with Crippen molar-refractivity contribution in [1.82, 2.24) is 4.72 Å². The van der Waals surface area contributed by atoms with E-state index in [4.69, 9.17) is 23.2 Å². The van der Waals surface area contributed by atoms with Crippen molar-refractivity contribution in [3.05, 3.63) is 93.5 Å². The molecule has 0 fully saturated rings. The third-order valence-electron chi connectivity index (χ3n) is 5.33. The topological polar surface area (TPSA) is 75.3 Å². The van der Waals surface area contributed by atoms with Gasteiger partial charge in [-0.2, -0.15) is 4.72 Å². The lowest BCUT2D eigenvalue weighted by Crippen LogP contribution is -2.45. The van der Waals surface area contributed by atoms with Crippen LogP contribution in [0, 0.1) is 0 Å². The van der Waals surface area contributed by atoms with Gasteiger partial charge in [-0.25, -0.2) is 8.42 Å². The SMILES string of the molecule is CCc1cccc(CC)c1NC(=O)[C@@H](Cc1ccccc1)NS(=O)(=O)c1cc(Cl)ccc1Cl. The molecule has 0 heterocycles. The molecular weight excluding hydrogens is 479 g/mol. The first-order valence-corrected chi connectivity index (χ1v) is 12.9. The maximum absolute atomic E-state index is 13.4. The van der Waals surface area contributed by atoms with E-state index >= 15 is 0 Å². The highest BCUT2D eigenvalue weighted by molar-refractivity contribution is 7.89. The van der Waals surface area contributed by atoms with Gasteiger partial charge in [-0.1, -0.05) is 85.6 Å². The summed E-state index contributed by atoms with van der Waals surface area (Å²) in [4.78, 5) is 13.2. The molecular formula is C25H26Cl2N2O3S. The van der Waals surface area contributed by atoms with Crippen LogP contribution in [0.15, 0.2) is 71.6 Å². The molecule has 3 rings (SSSR count). The van der Waals surface area contributed by atoms with Crippen LogP contribution in [-0.2, 0) is 34.1 Å². The second-order valence-electron chi connectivity index (χ2n) is 7.59. The van der Waals surface area contributed by atoms with Gasteiger partial charge in [0.15, 0.2) is 0 Å². The number of hydrogen-bond donors (Lipinski definition) is 2. The molecule has 174 valence electrons. The van der Waals surface area contributed by atoms with Gasteiger partial charge >= 0.3 is 0 Å². The molecule has 0 aliphatic rings. The van der Waals surface area contributed by atoms with E-state index in [-0.39, 0.29) is 21.4 Å². The smallest absolute Gasteiger partial charge is 0.242 e. The van der Waals surface area contributed by atoms with Gasteiger partial charge in [-0.15, -0.1) is 0 Å². The van der Waals surface area contributed by atoms with Gasteiger partial charge in [0.1, 0.15) is 10.9 Å². The van der Waals surface area contributed by atoms with E-state index in [2.05, 4.69) is 10.0 Å². The first-order chi connectivity index (χ1) is 15.7. The third kappa shape index (κ3) is 6.36. The summed E-state index contributed by atoms with van der Waals surface area (Å²) >= 11 is 12.1. The molecule has 0 aliphatic carbocycles. The molecule has 0 saturated heterocycles. The van der Waals surface area contributed by atoms with Gasteiger partial charge < -0.3 is 5.32 Å². The van der Waals surface area contributed by atoms with E-state index < -0.39 is 22.0 Å². The third-order valence-corrected chi connectivity index (χ3v) is 7.51. The van der Waals surface area contributed by atoms with Crippen molar-refractivity contribution in [3.8, 4) is 0 Å². The van der Waals surface area contributed by atoms with E-state index in [1.807, 2.05) is 62.4 Å². The zero-order valence-corrected chi connectivity index (χ0v) is 20.8. The van der Waals surface area contributed by atoms with Crippen molar-refractivity contribution in [2.45, 2.75) is 44.0 Å². The number of anilines is 1. The van der Waals surface area contributed by atoms with Crippen LogP contribution in [0.3, 0.4) is 0 Å². The van der Waals surface area contributed by atoms with Crippen LogP contribution in [-0.4, -0.2) is 20.4 Å². The molecule has 33 heavy (non-hydrogen) atoms. The minimum atomic E-state index is -4.13. The van der Waals surface area contributed by atoms with Crippen LogP contribution in [0.2, 0.25) is 10.0 Å². The molecule has 8 heteroatoms. The molecule has 5 nitrogen and oxygen atoms in total. The Morgan fingerprint density at radius 1 is 0.909 bits per heavy atom. The summed E-state index contributed by atoms with van der Waals surface area (Å²) in [7, 11) is -4.13. The fourth-order valence-corrected chi connectivity index (χ4v) is 5.54. The number of hydrogen-bond acceptors (Lipinski definition) is 3. The molecule has 3 aromatic rings. The van der Waals surface area contributed by atoms with Crippen LogP contribution in [0.25, 0.3) is 0 Å². The average Bonchev–Trinajstić information content (AvgIpc) is 2.80. The first kappa shape index (κ1) is 25.2. The Morgan fingerprint density at radius 2 is 1.55 bits per heavy atom. The Morgan fingerprint density at radius 3 is 2.15 bits per heavy atom. The van der Waals surface area contributed by atoms with E-state index in [9.17, 15) is 13.2 Å². The summed E-state index contributed by atoms with van der Waals surface area (Å²) in [5.41, 5.74) is 3.52. The summed E-state index contributed by atoms with van der Waals surface area (Å²) in [6, 6.07) is 18.2. The number of benzene rings is 3. The molecule has 0 spiro atoms. The second kappa shape index (κ2) is 11.2. The van der Waals surface area contributed by atoms with Gasteiger partial charge in [-0.3, -0.25) is 4.79 Å². The summed E-state index contributed by atoms with van der Waals surface area (Å²) in [6.45, 7) is 4.02.